The number of hydrogen-bond donors (Lipinski definition) is 2. The van der Waals surface area contributed by atoms with E-state index in [0.29, 0.717) is 37.2 Å². The Labute approximate surface area is 180 Å². The fraction of sp³-hybridized carbons (Fsp3) is 0.500. The quantitative estimate of drug-likeness (QED) is 0.295. The van der Waals surface area contributed by atoms with Crippen LogP contribution < -0.4 is 10.6 Å². The molecule has 1 aromatic carbocycles. The van der Waals surface area contributed by atoms with Crippen molar-refractivity contribution >= 4 is 23.3 Å². The van der Waals surface area contributed by atoms with Gasteiger partial charge in [-0.15, -0.1) is 0 Å². The van der Waals surface area contributed by atoms with Crippen molar-refractivity contribution in [1.82, 2.24) is 0 Å². The number of nitrogens with one attached hydrogen (secondary N) is 2. The van der Waals surface area contributed by atoms with Crippen LogP contribution in [0.2, 0.25) is 0 Å². The first kappa shape index (κ1) is 25.3. The van der Waals surface area contributed by atoms with Crippen LogP contribution in [0.5, 0.6) is 0 Å². The number of ether oxygens (including phenoxy) is 2. The Balaban J connectivity index is 3.01. The maximum atomic E-state index is 12.2. The molecule has 30 heavy (non-hydrogen) atoms. The lowest BCUT2D eigenvalue weighted by Gasteiger charge is -2.13. The van der Waals surface area contributed by atoms with Crippen LogP contribution in [0.3, 0.4) is 0 Å². The van der Waals surface area contributed by atoms with Gasteiger partial charge in [0.2, 0.25) is 0 Å². The van der Waals surface area contributed by atoms with Crippen molar-refractivity contribution in [3.8, 4) is 0 Å². The van der Waals surface area contributed by atoms with Crippen molar-refractivity contribution in [3.05, 3.63) is 47.8 Å². The van der Waals surface area contributed by atoms with E-state index in [9.17, 15) is 9.59 Å². The molecule has 0 unspecified atom stereocenters. The molecule has 2 N–H and O–H groups in total. The summed E-state index contributed by atoms with van der Waals surface area (Å²) in [5.41, 5.74) is 2.81. The van der Waals surface area contributed by atoms with Crippen molar-refractivity contribution < 1.29 is 19.1 Å². The van der Waals surface area contributed by atoms with E-state index >= 15 is 0 Å². The van der Waals surface area contributed by atoms with Crippen LogP contribution in [-0.4, -0.2) is 25.2 Å². The molecule has 0 saturated carbocycles. The first-order valence-electron chi connectivity index (χ1n) is 10.9. The van der Waals surface area contributed by atoms with Crippen LogP contribution in [-0.2, 0) is 19.1 Å². The lowest BCUT2D eigenvalue weighted by Crippen LogP contribution is -2.10. The van der Waals surface area contributed by atoms with Gasteiger partial charge in [0.15, 0.2) is 0 Å². The van der Waals surface area contributed by atoms with Gasteiger partial charge in [-0.2, -0.15) is 0 Å². The van der Waals surface area contributed by atoms with E-state index in [0.717, 1.165) is 37.1 Å². The van der Waals surface area contributed by atoms with Crippen molar-refractivity contribution in [2.75, 3.05) is 23.8 Å². The summed E-state index contributed by atoms with van der Waals surface area (Å²) in [5, 5.41) is 6.42. The smallest absolute Gasteiger partial charge is 0.335 e. The molecular formula is C24H36N2O4. The lowest BCUT2D eigenvalue weighted by atomic mass is 10.1. The molecule has 0 aliphatic rings. The summed E-state index contributed by atoms with van der Waals surface area (Å²) in [6.07, 6.45) is 8.54. The van der Waals surface area contributed by atoms with E-state index in [1.807, 2.05) is 24.3 Å². The third-order valence-electron chi connectivity index (χ3n) is 4.41. The number of carbonyl (C=O) groups excluding carboxylic acids is 2. The molecule has 166 valence electrons. The van der Waals surface area contributed by atoms with Gasteiger partial charge in [0.1, 0.15) is 0 Å². The standard InChI is InChI=1S/C24H36N2O4/c1-5-9-13-19(23(27)29-7-3)17-25-21-15-11-12-16-22(21)26-18-20(14-10-6-2)24(28)30-8-4/h11-12,15-18,25-26H,5-10,13-14H2,1-4H3/b19-17-,20-18+. The van der Waals surface area contributed by atoms with Gasteiger partial charge in [-0.3, -0.25) is 0 Å². The molecule has 0 aliphatic heterocycles. The highest BCUT2D eigenvalue weighted by atomic mass is 16.5. The molecule has 0 atom stereocenters. The molecule has 1 rings (SSSR count). The summed E-state index contributed by atoms with van der Waals surface area (Å²) in [6, 6.07) is 7.63. The monoisotopic (exact) mass is 416 g/mol. The summed E-state index contributed by atoms with van der Waals surface area (Å²) >= 11 is 0. The Morgan fingerprint density at radius 1 is 0.767 bits per heavy atom. The second-order valence-corrected chi connectivity index (χ2v) is 6.82. The maximum absolute atomic E-state index is 12.2. The summed E-state index contributed by atoms with van der Waals surface area (Å²) in [4.78, 5) is 24.4. The summed E-state index contributed by atoms with van der Waals surface area (Å²) in [6.45, 7) is 8.46. The zero-order valence-electron chi connectivity index (χ0n) is 18.8. The summed E-state index contributed by atoms with van der Waals surface area (Å²) < 4.78 is 10.3. The highest BCUT2D eigenvalue weighted by Gasteiger charge is 2.12. The molecular weight excluding hydrogens is 380 g/mol. The minimum atomic E-state index is -0.298. The second kappa shape index (κ2) is 15.1. The fourth-order valence-corrected chi connectivity index (χ4v) is 2.71. The Morgan fingerprint density at radius 2 is 1.17 bits per heavy atom. The summed E-state index contributed by atoms with van der Waals surface area (Å²) in [5.74, 6) is -0.596. The number of para-hydroxylation sites is 2. The van der Waals surface area contributed by atoms with Crippen LogP contribution in [0.1, 0.15) is 66.2 Å². The molecule has 0 spiro atoms. The minimum absolute atomic E-state index is 0.298. The van der Waals surface area contributed by atoms with E-state index < -0.39 is 0 Å². The molecule has 1 aromatic rings. The van der Waals surface area contributed by atoms with Gasteiger partial charge in [0.25, 0.3) is 0 Å². The zero-order valence-corrected chi connectivity index (χ0v) is 18.8. The molecule has 0 heterocycles. The average molecular weight is 417 g/mol. The number of esters is 2. The first-order chi connectivity index (χ1) is 14.6. The highest BCUT2D eigenvalue weighted by Crippen LogP contribution is 2.23. The van der Waals surface area contributed by atoms with Gasteiger partial charge in [-0.05, 0) is 51.7 Å². The average Bonchev–Trinajstić information content (AvgIpc) is 2.74. The van der Waals surface area contributed by atoms with E-state index in [1.54, 1.807) is 26.2 Å². The first-order valence-corrected chi connectivity index (χ1v) is 10.9. The molecule has 0 saturated heterocycles. The van der Waals surface area contributed by atoms with Crippen LogP contribution >= 0.6 is 0 Å². The van der Waals surface area contributed by atoms with Gasteiger partial charge in [-0.1, -0.05) is 38.8 Å². The van der Waals surface area contributed by atoms with E-state index in [4.69, 9.17) is 9.47 Å². The Bertz CT molecular complexity index is 665. The SMILES string of the molecule is CCCC/C(=C/Nc1ccccc1N/C=C(\CCCC)C(=O)OCC)C(=O)OCC. The van der Waals surface area contributed by atoms with E-state index in [-0.39, 0.29) is 11.9 Å². The third kappa shape index (κ3) is 9.16. The molecule has 0 bridgehead atoms. The molecule has 6 heteroatoms. The Kier molecular flexibility index (Phi) is 12.7. The number of carbonyl (C=O) groups is 2. The van der Waals surface area contributed by atoms with E-state index in [1.165, 1.54) is 0 Å². The van der Waals surface area contributed by atoms with E-state index in [2.05, 4.69) is 24.5 Å². The van der Waals surface area contributed by atoms with Crippen LogP contribution in [0.25, 0.3) is 0 Å². The lowest BCUT2D eigenvalue weighted by molar-refractivity contribution is -0.139. The normalized spacial score (nSPS) is 11.7. The van der Waals surface area contributed by atoms with Gasteiger partial charge in [0, 0.05) is 12.4 Å². The Morgan fingerprint density at radius 3 is 1.50 bits per heavy atom. The van der Waals surface area contributed by atoms with Crippen molar-refractivity contribution in [1.29, 1.82) is 0 Å². The van der Waals surface area contributed by atoms with Crippen LogP contribution in [0, 0.1) is 0 Å². The minimum Gasteiger partial charge on any atom is -0.463 e. The predicted octanol–water partition coefficient (Wildman–Crippen LogP) is 5.78. The fourth-order valence-electron chi connectivity index (χ4n) is 2.71. The molecule has 0 amide bonds. The molecule has 6 nitrogen and oxygen atoms in total. The zero-order chi connectivity index (χ0) is 22.2. The van der Waals surface area contributed by atoms with Crippen molar-refractivity contribution in [3.63, 3.8) is 0 Å². The molecule has 0 radical (unpaired) electrons. The maximum Gasteiger partial charge on any atom is 0.335 e. The highest BCUT2D eigenvalue weighted by molar-refractivity contribution is 5.90. The topological polar surface area (TPSA) is 76.7 Å². The van der Waals surface area contributed by atoms with Gasteiger partial charge >= 0.3 is 11.9 Å². The van der Waals surface area contributed by atoms with Crippen LogP contribution in [0.15, 0.2) is 47.8 Å². The van der Waals surface area contributed by atoms with Crippen molar-refractivity contribution in [2.24, 2.45) is 0 Å². The van der Waals surface area contributed by atoms with Gasteiger partial charge in [0.05, 0.1) is 35.7 Å². The number of rotatable bonds is 14. The largest absolute Gasteiger partial charge is 0.463 e. The van der Waals surface area contributed by atoms with Crippen LogP contribution in [0.4, 0.5) is 11.4 Å². The number of anilines is 2. The Hall–Kier alpha value is -2.76. The van der Waals surface area contributed by atoms with Gasteiger partial charge in [-0.25, -0.2) is 9.59 Å². The molecule has 0 aliphatic carbocycles. The predicted molar refractivity (Wildman–Crippen MR) is 122 cm³/mol. The third-order valence-corrected chi connectivity index (χ3v) is 4.41. The molecule has 0 aromatic heterocycles. The summed E-state index contributed by atoms with van der Waals surface area (Å²) in [7, 11) is 0. The second-order valence-electron chi connectivity index (χ2n) is 6.82. The van der Waals surface area contributed by atoms with Gasteiger partial charge < -0.3 is 20.1 Å². The molecule has 0 fully saturated rings. The number of hydrogen-bond acceptors (Lipinski definition) is 6. The number of benzene rings is 1. The number of unbranched alkanes of at least 4 members (excludes halogenated alkanes) is 2. The van der Waals surface area contributed by atoms with Crippen molar-refractivity contribution in [2.45, 2.75) is 66.2 Å².